The second kappa shape index (κ2) is 19.0. The van der Waals surface area contributed by atoms with Crippen molar-refractivity contribution in [2.45, 2.75) is 26.9 Å². The van der Waals surface area contributed by atoms with Crippen LogP contribution in [0, 0.1) is 0 Å². The van der Waals surface area contributed by atoms with Crippen molar-refractivity contribution >= 4 is 46.4 Å². The van der Waals surface area contributed by atoms with Crippen molar-refractivity contribution in [1.82, 2.24) is 9.80 Å². The number of likely N-dealkylation sites (N-methyl/N-ethyl adjacent to an activating group) is 2. The fourth-order valence-corrected chi connectivity index (χ4v) is 3.61. The molecule has 0 spiro atoms. The zero-order chi connectivity index (χ0) is 24.8. The zero-order valence-electron chi connectivity index (χ0n) is 19.1. The molecular weight excluding hydrogens is 546 g/mol. The van der Waals surface area contributed by atoms with Gasteiger partial charge in [-0.15, -0.1) is 13.2 Å². The van der Waals surface area contributed by atoms with Crippen LogP contribution in [-0.2, 0) is 34.8 Å². The molecule has 182 valence electrons. The third-order valence-corrected chi connectivity index (χ3v) is 4.91. The van der Waals surface area contributed by atoms with Crippen LogP contribution >= 0.6 is 46.4 Å². The van der Waals surface area contributed by atoms with Gasteiger partial charge in [-0.05, 0) is 49.5 Å². The second-order valence-electron chi connectivity index (χ2n) is 6.80. The fourth-order valence-electron chi connectivity index (χ4n) is 2.54. The van der Waals surface area contributed by atoms with Crippen LogP contribution in [0.3, 0.4) is 0 Å². The predicted octanol–water partition coefficient (Wildman–Crippen LogP) is 2.74. The molecule has 2 aromatic rings. The summed E-state index contributed by atoms with van der Waals surface area (Å²) in [6.07, 6.45) is 0. The van der Waals surface area contributed by atoms with E-state index >= 15 is 0 Å². The molecule has 6 nitrogen and oxygen atoms in total. The van der Waals surface area contributed by atoms with Gasteiger partial charge in [-0.25, -0.2) is 0 Å². The monoisotopic (exact) mass is 572 g/mol. The summed E-state index contributed by atoms with van der Waals surface area (Å²) >= 11 is 23.7. The molecule has 33 heavy (non-hydrogen) atoms. The van der Waals surface area contributed by atoms with Gasteiger partial charge in [0.25, 0.3) is 0 Å². The van der Waals surface area contributed by atoms with Gasteiger partial charge in [0, 0.05) is 46.3 Å². The Morgan fingerprint density at radius 3 is 1.21 bits per heavy atom. The van der Waals surface area contributed by atoms with Crippen LogP contribution in [0.2, 0.25) is 20.1 Å². The number of rotatable bonds is 7. The largest absolute Gasteiger partial charge is 4.00 e. The minimum Gasteiger partial charge on any atom is -0.871 e. The van der Waals surface area contributed by atoms with Crippen molar-refractivity contribution in [1.29, 1.82) is 0 Å². The maximum atomic E-state index is 12.0. The molecule has 2 rings (SSSR count). The first kappa shape index (κ1) is 34.9. The van der Waals surface area contributed by atoms with Gasteiger partial charge in [0.2, 0.25) is 0 Å². The summed E-state index contributed by atoms with van der Waals surface area (Å²) in [6.45, 7) is 5.37. The van der Waals surface area contributed by atoms with Crippen LogP contribution in [0.15, 0.2) is 24.3 Å². The van der Waals surface area contributed by atoms with Gasteiger partial charge in [-0.2, -0.15) is 0 Å². The normalized spacial score (nSPS) is 10.2. The van der Waals surface area contributed by atoms with Gasteiger partial charge in [0.1, 0.15) is 0 Å². The SMILES string of the molecule is CC[O-].CC[O-].CN(CCN(C)Cc1cc(Cl)cc(Cl)c1[O-])Cc1cc(Cl)cc(Cl)c1[O-].[Ti+4]. The molecule has 2 aromatic carbocycles. The first-order chi connectivity index (χ1) is 15.0. The number of hydrogen-bond acceptors (Lipinski definition) is 6. The van der Waals surface area contributed by atoms with Crippen molar-refractivity contribution in [3.05, 3.63) is 55.5 Å². The predicted molar refractivity (Wildman–Crippen MR) is 126 cm³/mol. The van der Waals surface area contributed by atoms with E-state index in [-0.39, 0.29) is 56.5 Å². The van der Waals surface area contributed by atoms with Gasteiger partial charge in [-0.1, -0.05) is 71.8 Å². The Morgan fingerprint density at radius 1 is 0.667 bits per heavy atom. The first-order valence-electron chi connectivity index (χ1n) is 9.83. The molecule has 0 fully saturated rings. The minimum atomic E-state index is -0.208. The fraction of sp³-hybridized carbons (Fsp3) is 0.455. The molecule has 0 aliphatic heterocycles. The van der Waals surface area contributed by atoms with Crippen molar-refractivity contribution < 1.29 is 42.1 Å². The van der Waals surface area contributed by atoms with Gasteiger partial charge in [0.15, 0.2) is 0 Å². The zero-order valence-corrected chi connectivity index (χ0v) is 23.7. The van der Waals surface area contributed by atoms with Gasteiger partial charge < -0.3 is 30.2 Å². The van der Waals surface area contributed by atoms with Crippen LogP contribution in [0.5, 0.6) is 11.5 Å². The Kier molecular flexibility index (Phi) is 20.1. The van der Waals surface area contributed by atoms with Gasteiger partial charge >= 0.3 is 21.7 Å². The third kappa shape index (κ3) is 14.0. The smallest absolute Gasteiger partial charge is 0.871 e. The van der Waals surface area contributed by atoms with Gasteiger partial charge in [-0.3, -0.25) is 0 Å². The summed E-state index contributed by atoms with van der Waals surface area (Å²) in [6, 6.07) is 6.15. The Labute approximate surface area is 231 Å². The van der Waals surface area contributed by atoms with Crippen molar-refractivity contribution in [3.63, 3.8) is 0 Å². The molecular formula is C22H28Cl4N2O4Ti. The summed E-state index contributed by atoms with van der Waals surface area (Å²) in [7, 11) is 3.80. The molecule has 0 aliphatic carbocycles. The Morgan fingerprint density at radius 2 is 0.939 bits per heavy atom. The van der Waals surface area contributed by atoms with Crippen LogP contribution in [-0.4, -0.2) is 50.2 Å². The topological polar surface area (TPSA) is 98.7 Å². The second-order valence-corrected chi connectivity index (χ2v) is 8.49. The van der Waals surface area contributed by atoms with E-state index in [9.17, 15) is 10.2 Å². The molecule has 0 amide bonds. The van der Waals surface area contributed by atoms with Gasteiger partial charge in [0.05, 0.1) is 0 Å². The summed E-state index contributed by atoms with van der Waals surface area (Å²) in [4.78, 5) is 3.98. The van der Waals surface area contributed by atoms with E-state index < -0.39 is 0 Å². The standard InChI is InChI=1S/C18H20Cl4N2O2.2C2H5O.Ti/c1-23(9-11-5-13(19)7-15(21)17(11)25)3-4-24(2)10-12-6-14(20)8-16(22)18(12)26;2*1-2-3;/h5-8,25-26H,3-4,9-10H2,1-2H3;2*2H2,1H3;/q;2*-1;+4/p-2. The third-order valence-electron chi connectivity index (χ3n) is 3.91. The average Bonchev–Trinajstić information content (AvgIpc) is 2.69. The molecule has 11 heteroatoms. The minimum absolute atomic E-state index is 0. The molecule has 0 saturated carbocycles. The molecule has 0 radical (unpaired) electrons. The quantitative estimate of drug-likeness (QED) is 0.472. The molecule has 0 bridgehead atoms. The first-order valence-corrected chi connectivity index (χ1v) is 11.3. The number of nitrogens with zero attached hydrogens (tertiary/aromatic N) is 2. The number of hydrogen-bond donors (Lipinski definition) is 0. The summed E-state index contributed by atoms with van der Waals surface area (Å²) in [5.74, 6) is -0.415. The summed E-state index contributed by atoms with van der Waals surface area (Å²) in [5, 5.41) is 43.1. The Hall–Kier alpha value is -0.246. The van der Waals surface area contributed by atoms with Crippen LogP contribution in [0.4, 0.5) is 0 Å². The maximum Gasteiger partial charge on any atom is 4.00 e. The van der Waals surface area contributed by atoms with E-state index in [0.717, 1.165) is 0 Å². The van der Waals surface area contributed by atoms with E-state index in [2.05, 4.69) is 0 Å². The van der Waals surface area contributed by atoms with E-state index in [1.807, 2.05) is 23.9 Å². The van der Waals surface area contributed by atoms with Crippen LogP contribution in [0.1, 0.15) is 25.0 Å². The van der Waals surface area contributed by atoms with Crippen molar-refractivity contribution in [3.8, 4) is 11.5 Å². The molecule has 0 aliphatic rings. The van der Waals surface area contributed by atoms with E-state index in [1.165, 1.54) is 12.1 Å². The van der Waals surface area contributed by atoms with E-state index in [1.54, 1.807) is 26.0 Å². The average molecular weight is 574 g/mol. The number of halogens is 4. The van der Waals surface area contributed by atoms with E-state index in [4.69, 9.17) is 56.6 Å². The Bertz CT molecular complexity index is 764. The van der Waals surface area contributed by atoms with Crippen molar-refractivity contribution in [2.24, 2.45) is 0 Å². The number of benzene rings is 2. The van der Waals surface area contributed by atoms with E-state index in [0.29, 0.717) is 47.4 Å². The molecule has 0 atom stereocenters. The van der Waals surface area contributed by atoms with Crippen LogP contribution in [0.25, 0.3) is 0 Å². The molecule has 0 saturated heterocycles. The molecule has 0 aromatic heterocycles. The van der Waals surface area contributed by atoms with Crippen LogP contribution < -0.4 is 20.4 Å². The maximum absolute atomic E-state index is 12.0. The molecule has 0 N–H and O–H groups in total. The summed E-state index contributed by atoms with van der Waals surface area (Å²) in [5.41, 5.74) is 1.10. The summed E-state index contributed by atoms with van der Waals surface area (Å²) < 4.78 is 0. The molecule has 0 unspecified atom stereocenters. The Balaban J connectivity index is 0. The molecule has 0 heterocycles. The van der Waals surface area contributed by atoms with Crippen molar-refractivity contribution in [2.75, 3.05) is 40.4 Å².